The second-order valence-corrected chi connectivity index (χ2v) is 7.68. The molecule has 4 aromatic rings. The van der Waals surface area contributed by atoms with Gasteiger partial charge < -0.3 is 9.30 Å². The number of hydrogen-bond donors (Lipinski definition) is 1. The molecule has 0 bridgehead atoms. The average Bonchev–Trinajstić information content (AvgIpc) is 3.42. The summed E-state index contributed by atoms with van der Waals surface area (Å²) in [7, 11) is 1.67. The summed E-state index contributed by atoms with van der Waals surface area (Å²) in [6.07, 6.45) is 7.07. The van der Waals surface area contributed by atoms with Gasteiger partial charge in [-0.2, -0.15) is 0 Å². The van der Waals surface area contributed by atoms with Gasteiger partial charge in [0.05, 0.1) is 12.8 Å². The number of thiazole rings is 1. The Balaban J connectivity index is 1.37. The van der Waals surface area contributed by atoms with E-state index in [2.05, 4.69) is 21.4 Å². The third kappa shape index (κ3) is 4.93. The standard InChI is InChI=1S/C23H22N4O2S/c1-29-20-5-2-4-17(14-20)7-8-19-16-30-23(25-19)26-22(28)21-6-3-13-27(21)15-18-9-11-24-12-10-18/h2-6,9-14,16H,7-8,15H2,1H3,(H,25,26,28). The molecule has 1 amide bonds. The van der Waals surface area contributed by atoms with Crippen LogP contribution in [0.2, 0.25) is 0 Å². The molecule has 0 spiro atoms. The number of benzene rings is 1. The second kappa shape index (κ2) is 9.37. The number of aryl methyl sites for hydroxylation is 2. The lowest BCUT2D eigenvalue weighted by Crippen LogP contribution is -2.17. The number of nitrogens with one attached hydrogen (secondary N) is 1. The Bertz CT molecular complexity index is 1120. The number of hydrogen-bond acceptors (Lipinski definition) is 5. The van der Waals surface area contributed by atoms with E-state index in [0.29, 0.717) is 17.4 Å². The fourth-order valence-electron chi connectivity index (χ4n) is 3.18. The predicted octanol–water partition coefficient (Wildman–Crippen LogP) is 4.43. The number of anilines is 1. The number of amides is 1. The van der Waals surface area contributed by atoms with Gasteiger partial charge in [0.15, 0.2) is 5.13 Å². The first-order chi connectivity index (χ1) is 14.7. The zero-order valence-electron chi connectivity index (χ0n) is 16.6. The number of nitrogens with zero attached hydrogens (tertiary/aromatic N) is 3. The summed E-state index contributed by atoms with van der Waals surface area (Å²) in [5, 5.41) is 5.52. The smallest absolute Gasteiger partial charge is 0.274 e. The Morgan fingerprint density at radius 2 is 1.97 bits per heavy atom. The van der Waals surface area contributed by atoms with E-state index in [-0.39, 0.29) is 5.91 Å². The van der Waals surface area contributed by atoms with Crippen LogP contribution in [0.4, 0.5) is 5.13 Å². The summed E-state index contributed by atoms with van der Waals surface area (Å²) in [5.74, 6) is 0.691. The van der Waals surface area contributed by atoms with E-state index in [9.17, 15) is 4.79 Å². The van der Waals surface area contributed by atoms with E-state index in [0.717, 1.165) is 29.8 Å². The summed E-state index contributed by atoms with van der Waals surface area (Å²) in [5.41, 5.74) is 3.84. The minimum atomic E-state index is -0.164. The highest BCUT2D eigenvalue weighted by molar-refractivity contribution is 7.13. The minimum absolute atomic E-state index is 0.164. The quantitative estimate of drug-likeness (QED) is 0.459. The fourth-order valence-corrected chi connectivity index (χ4v) is 3.92. The summed E-state index contributed by atoms with van der Waals surface area (Å²) in [6, 6.07) is 15.6. The summed E-state index contributed by atoms with van der Waals surface area (Å²) in [6.45, 7) is 0.613. The van der Waals surface area contributed by atoms with Crippen molar-refractivity contribution in [3.63, 3.8) is 0 Å². The molecule has 152 valence electrons. The van der Waals surface area contributed by atoms with Gasteiger partial charge in [0.1, 0.15) is 11.4 Å². The molecule has 3 heterocycles. The van der Waals surface area contributed by atoms with Crippen LogP contribution >= 0.6 is 11.3 Å². The monoisotopic (exact) mass is 418 g/mol. The highest BCUT2D eigenvalue weighted by Crippen LogP contribution is 2.20. The first-order valence-electron chi connectivity index (χ1n) is 9.64. The summed E-state index contributed by atoms with van der Waals surface area (Å²) in [4.78, 5) is 21.4. The van der Waals surface area contributed by atoms with Gasteiger partial charge in [-0.1, -0.05) is 12.1 Å². The molecule has 1 aromatic carbocycles. The van der Waals surface area contributed by atoms with E-state index in [4.69, 9.17) is 4.74 Å². The zero-order chi connectivity index (χ0) is 20.8. The lowest BCUT2D eigenvalue weighted by Gasteiger charge is -2.08. The van der Waals surface area contributed by atoms with Crippen molar-refractivity contribution >= 4 is 22.4 Å². The molecule has 6 nitrogen and oxygen atoms in total. The molecule has 0 aliphatic carbocycles. The molecule has 0 unspecified atom stereocenters. The van der Waals surface area contributed by atoms with Crippen molar-refractivity contribution in [3.05, 3.63) is 95.0 Å². The van der Waals surface area contributed by atoms with Crippen LogP contribution in [0, 0.1) is 0 Å². The first kappa shape index (κ1) is 19.8. The van der Waals surface area contributed by atoms with Crippen molar-refractivity contribution in [3.8, 4) is 5.75 Å². The van der Waals surface area contributed by atoms with Crippen LogP contribution in [0.3, 0.4) is 0 Å². The molecule has 0 fully saturated rings. The van der Waals surface area contributed by atoms with Gasteiger partial charge in [0, 0.05) is 30.5 Å². The number of aromatic nitrogens is 3. The first-order valence-corrected chi connectivity index (χ1v) is 10.5. The molecule has 0 saturated carbocycles. The number of ether oxygens (including phenoxy) is 1. The zero-order valence-corrected chi connectivity index (χ0v) is 17.4. The summed E-state index contributed by atoms with van der Waals surface area (Å²) >= 11 is 1.44. The van der Waals surface area contributed by atoms with Crippen molar-refractivity contribution in [2.75, 3.05) is 12.4 Å². The SMILES string of the molecule is COc1cccc(CCc2csc(NC(=O)c3cccn3Cc3ccncc3)n2)c1. The molecule has 30 heavy (non-hydrogen) atoms. The molecule has 0 radical (unpaired) electrons. The molecular formula is C23H22N4O2S. The van der Waals surface area contributed by atoms with Crippen LogP contribution in [-0.2, 0) is 19.4 Å². The van der Waals surface area contributed by atoms with Crippen molar-refractivity contribution in [1.82, 2.24) is 14.5 Å². The van der Waals surface area contributed by atoms with Crippen LogP contribution in [0.15, 0.2) is 72.5 Å². The summed E-state index contributed by atoms with van der Waals surface area (Å²) < 4.78 is 7.19. The number of rotatable bonds is 8. The van der Waals surface area contributed by atoms with Gasteiger partial charge in [0.2, 0.25) is 0 Å². The number of pyridine rings is 1. The van der Waals surface area contributed by atoms with E-state index in [1.54, 1.807) is 19.5 Å². The topological polar surface area (TPSA) is 69.0 Å². The van der Waals surface area contributed by atoms with Crippen molar-refractivity contribution in [1.29, 1.82) is 0 Å². The highest BCUT2D eigenvalue weighted by Gasteiger charge is 2.13. The minimum Gasteiger partial charge on any atom is -0.497 e. The predicted molar refractivity (Wildman–Crippen MR) is 118 cm³/mol. The molecule has 4 rings (SSSR count). The van der Waals surface area contributed by atoms with Gasteiger partial charge in [-0.15, -0.1) is 11.3 Å². The highest BCUT2D eigenvalue weighted by atomic mass is 32.1. The van der Waals surface area contributed by atoms with Gasteiger partial charge in [-0.05, 0) is 60.4 Å². The Morgan fingerprint density at radius 3 is 2.80 bits per heavy atom. The maximum atomic E-state index is 12.8. The molecular weight excluding hydrogens is 396 g/mol. The molecule has 7 heteroatoms. The molecule has 0 saturated heterocycles. The third-order valence-corrected chi connectivity index (χ3v) is 5.55. The van der Waals surface area contributed by atoms with Crippen molar-refractivity contribution in [2.24, 2.45) is 0 Å². The fraction of sp³-hybridized carbons (Fsp3) is 0.174. The Kier molecular flexibility index (Phi) is 6.20. The maximum Gasteiger partial charge on any atom is 0.274 e. The molecule has 0 atom stereocenters. The van der Waals surface area contributed by atoms with Crippen LogP contribution in [0.25, 0.3) is 0 Å². The van der Waals surface area contributed by atoms with Gasteiger partial charge in [-0.25, -0.2) is 4.98 Å². The lowest BCUT2D eigenvalue weighted by atomic mass is 10.1. The van der Waals surface area contributed by atoms with Crippen LogP contribution < -0.4 is 10.1 Å². The number of carbonyl (C=O) groups is 1. The van der Waals surface area contributed by atoms with Gasteiger partial charge >= 0.3 is 0 Å². The van der Waals surface area contributed by atoms with E-state index in [1.807, 2.05) is 58.6 Å². The average molecular weight is 419 g/mol. The van der Waals surface area contributed by atoms with Crippen LogP contribution in [-0.4, -0.2) is 27.6 Å². The van der Waals surface area contributed by atoms with Crippen LogP contribution in [0.1, 0.15) is 27.3 Å². The Hall–Kier alpha value is -3.45. The number of carbonyl (C=O) groups excluding carboxylic acids is 1. The van der Waals surface area contributed by atoms with Gasteiger partial charge in [0.25, 0.3) is 5.91 Å². The maximum absolute atomic E-state index is 12.8. The lowest BCUT2D eigenvalue weighted by molar-refractivity contribution is 0.101. The normalized spacial score (nSPS) is 10.7. The van der Waals surface area contributed by atoms with E-state index < -0.39 is 0 Å². The van der Waals surface area contributed by atoms with Gasteiger partial charge in [-0.3, -0.25) is 15.1 Å². The number of methoxy groups -OCH3 is 1. The van der Waals surface area contributed by atoms with E-state index >= 15 is 0 Å². The molecule has 0 aliphatic heterocycles. The van der Waals surface area contributed by atoms with E-state index in [1.165, 1.54) is 16.9 Å². The second-order valence-electron chi connectivity index (χ2n) is 6.83. The largest absolute Gasteiger partial charge is 0.497 e. The van der Waals surface area contributed by atoms with Crippen LogP contribution in [0.5, 0.6) is 5.75 Å². The molecule has 0 aliphatic rings. The third-order valence-electron chi connectivity index (χ3n) is 4.74. The van der Waals surface area contributed by atoms with Crippen molar-refractivity contribution < 1.29 is 9.53 Å². The molecule has 1 N–H and O–H groups in total. The Labute approximate surface area is 179 Å². The van der Waals surface area contributed by atoms with Crippen molar-refractivity contribution in [2.45, 2.75) is 19.4 Å². The molecule has 3 aromatic heterocycles. The Morgan fingerprint density at radius 1 is 1.10 bits per heavy atom.